The summed E-state index contributed by atoms with van der Waals surface area (Å²) in [7, 11) is 0. The molecule has 0 radical (unpaired) electrons. The van der Waals surface area contributed by atoms with Gasteiger partial charge in [0.1, 0.15) is 0 Å². The average Bonchev–Trinajstić information content (AvgIpc) is 3.25. The lowest BCUT2D eigenvalue weighted by Crippen LogP contribution is -2.38. The molecule has 0 aliphatic carbocycles. The highest BCUT2D eigenvalue weighted by Gasteiger charge is 2.41. The summed E-state index contributed by atoms with van der Waals surface area (Å²) in [6.07, 6.45) is 4.72. The number of para-hydroxylation sites is 1. The smallest absolute Gasteiger partial charge is 0.414 e. The van der Waals surface area contributed by atoms with Gasteiger partial charge in [-0.2, -0.15) is 0 Å². The van der Waals surface area contributed by atoms with Gasteiger partial charge in [0, 0.05) is 41.6 Å². The number of nitrogens with zero attached hydrogens (tertiary/aromatic N) is 1. The Balaban J connectivity index is 0.000000342. The molecule has 2 unspecified atom stereocenters. The van der Waals surface area contributed by atoms with Crippen LogP contribution in [-0.4, -0.2) is 44.6 Å². The second-order valence-electron chi connectivity index (χ2n) is 7.86. The zero-order valence-corrected chi connectivity index (χ0v) is 18.2. The molecular formula is C23H22Cl2N2O4. The molecule has 3 heterocycles. The van der Waals surface area contributed by atoms with Crippen LogP contribution in [0.25, 0.3) is 10.9 Å². The van der Waals surface area contributed by atoms with Gasteiger partial charge in [0.25, 0.3) is 0 Å². The molecule has 2 aliphatic rings. The van der Waals surface area contributed by atoms with Gasteiger partial charge < -0.3 is 15.2 Å². The summed E-state index contributed by atoms with van der Waals surface area (Å²) in [5.74, 6) is -3.65. The van der Waals surface area contributed by atoms with E-state index in [2.05, 4.69) is 40.2 Å². The summed E-state index contributed by atoms with van der Waals surface area (Å²) in [5, 5.41) is 17.5. The molecule has 3 aromatic rings. The Morgan fingerprint density at radius 1 is 1.03 bits per heavy atom. The Kier molecular flexibility index (Phi) is 6.23. The Hall–Kier alpha value is -2.54. The summed E-state index contributed by atoms with van der Waals surface area (Å²) >= 11 is 12.2. The number of rotatable bonds is 3. The maximum absolute atomic E-state index is 9.10. The van der Waals surface area contributed by atoms with E-state index in [9.17, 15) is 0 Å². The Morgan fingerprint density at radius 3 is 2.48 bits per heavy atom. The molecule has 1 saturated heterocycles. The van der Waals surface area contributed by atoms with Crippen LogP contribution in [0.3, 0.4) is 0 Å². The van der Waals surface area contributed by atoms with Crippen molar-refractivity contribution in [2.75, 3.05) is 6.54 Å². The molecule has 2 aromatic carbocycles. The fourth-order valence-corrected chi connectivity index (χ4v) is 5.07. The third-order valence-electron chi connectivity index (χ3n) is 6.07. The van der Waals surface area contributed by atoms with Gasteiger partial charge in [-0.1, -0.05) is 47.5 Å². The molecule has 2 aliphatic heterocycles. The average molecular weight is 461 g/mol. The van der Waals surface area contributed by atoms with E-state index in [1.165, 1.54) is 35.0 Å². The van der Waals surface area contributed by atoms with Crippen LogP contribution in [0.1, 0.15) is 35.7 Å². The summed E-state index contributed by atoms with van der Waals surface area (Å²) in [6.45, 7) is 1.08. The molecule has 2 bridgehead atoms. The quantitative estimate of drug-likeness (QED) is 0.481. The van der Waals surface area contributed by atoms with Crippen LogP contribution in [0.4, 0.5) is 0 Å². The number of hydrogen-bond donors (Lipinski definition) is 3. The highest BCUT2D eigenvalue weighted by atomic mass is 35.5. The minimum atomic E-state index is -1.82. The molecule has 0 saturated carbocycles. The molecule has 5 rings (SSSR count). The lowest BCUT2D eigenvalue weighted by molar-refractivity contribution is -0.159. The number of H-pyrrole nitrogens is 1. The molecule has 0 amide bonds. The number of carboxylic acid groups (broad SMARTS) is 2. The number of aromatic nitrogens is 1. The molecule has 8 heteroatoms. The maximum Gasteiger partial charge on any atom is 0.414 e. The van der Waals surface area contributed by atoms with Crippen molar-refractivity contribution in [2.45, 2.75) is 37.8 Å². The topological polar surface area (TPSA) is 93.6 Å². The maximum atomic E-state index is 9.10. The summed E-state index contributed by atoms with van der Waals surface area (Å²) in [5.41, 5.74) is 5.54. The Morgan fingerprint density at radius 2 is 1.77 bits per heavy atom. The third kappa shape index (κ3) is 4.42. The van der Waals surface area contributed by atoms with Gasteiger partial charge in [0.15, 0.2) is 0 Å². The zero-order valence-electron chi connectivity index (χ0n) is 16.6. The van der Waals surface area contributed by atoms with Gasteiger partial charge in [0.05, 0.1) is 10.0 Å². The predicted octanol–water partition coefficient (Wildman–Crippen LogP) is 4.93. The van der Waals surface area contributed by atoms with E-state index in [0.29, 0.717) is 22.1 Å². The van der Waals surface area contributed by atoms with Gasteiger partial charge in [0.2, 0.25) is 0 Å². The zero-order chi connectivity index (χ0) is 22.1. The number of halogens is 2. The fraction of sp³-hybridized carbons (Fsp3) is 0.304. The van der Waals surface area contributed by atoms with Crippen LogP contribution < -0.4 is 0 Å². The van der Waals surface area contributed by atoms with Crippen molar-refractivity contribution in [1.82, 2.24) is 9.88 Å². The first-order valence-electron chi connectivity index (χ1n) is 10.1. The largest absolute Gasteiger partial charge is 0.473 e. The van der Waals surface area contributed by atoms with Gasteiger partial charge in [-0.15, -0.1) is 0 Å². The van der Waals surface area contributed by atoms with E-state index in [1.54, 1.807) is 5.56 Å². The number of aliphatic carboxylic acids is 2. The van der Waals surface area contributed by atoms with E-state index >= 15 is 0 Å². The second-order valence-corrected chi connectivity index (χ2v) is 8.67. The molecular weight excluding hydrogens is 439 g/mol. The summed E-state index contributed by atoms with van der Waals surface area (Å²) < 4.78 is 0. The number of nitrogens with one attached hydrogen (secondary N) is 1. The van der Waals surface area contributed by atoms with Crippen LogP contribution in [0.5, 0.6) is 0 Å². The van der Waals surface area contributed by atoms with Crippen molar-refractivity contribution in [3.8, 4) is 0 Å². The van der Waals surface area contributed by atoms with Gasteiger partial charge in [-0.25, -0.2) is 9.59 Å². The Bertz CT molecular complexity index is 1130. The van der Waals surface area contributed by atoms with Crippen LogP contribution >= 0.6 is 23.2 Å². The van der Waals surface area contributed by atoms with Crippen LogP contribution in [0, 0.1) is 0 Å². The van der Waals surface area contributed by atoms with Crippen molar-refractivity contribution < 1.29 is 19.8 Å². The number of benzene rings is 2. The number of carboxylic acids is 2. The van der Waals surface area contributed by atoms with Crippen LogP contribution in [0.2, 0.25) is 10.0 Å². The monoisotopic (exact) mass is 460 g/mol. The molecule has 0 spiro atoms. The van der Waals surface area contributed by atoms with Crippen molar-refractivity contribution in [1.29, 1.82) is 0 Å². The SMILES string of the molecule is Clc1ccc(CCN2C3CCC2c2c([nH]c4ccccc24)C3)cc1Cl.O=C(O)C(=O)O. The van der Waals surface area contributed by atoms with Gasteiger partial charge in [-0.3, -0.25) is 4.90 Å². The van der Waals surface area contributed by atoms with Gasteiger partial charge >= 0.3 is 11.9 Å². The van der Waals surface area contributed by atoms with E-state index in [-0.39, 0.29) is 0 Å². The Labute approximate surface area is 189 Å². The van der Waals surface area contributed by atoms with Gasteiger partial charge in [-0.05, 0) is 48.6 Å². The van der Waals surface area contributed by atoms with Crippen molar-refractivity contribution in [2.24, 2.45) is 0 Å². The van der Waals surface area contributed by atoms with Crippen molar-refractivity contribution in [3.05, 3.63) is 69.3 Å². The minimum Gasteiger partial charge on any atom is -0.473 e. The number of hydrogen-bond acceptors (Lipinski definition) is 3. The summed E-state index contributed by atoms with van der Waals surface area (Å²) in [4.78, 5) is 24.6. The van der Waals surface area contributed by atoms with Crippen LogP contribution in [-0.2, 0) is 22.4 Å². The third-order valence-corrected chi connectivity index (χ3v) is 6.81. The van der Waals surface area contributed by atoms with E-state index < -0.39 is 11.9 Å². The predicted molar refractivity (Wildman–Crippen MR) is 120 cm³/mol. The van der Waals surface area contributed by atoms with E-state index in [0.717, 1.165) is 19.4 Å². The fourth-order valence-electron chi connectivity index (χ4n) is 4.75. The first-order valence-corrected chi connectivity index (χ1v) is 10.9. The molecule has 1 fully saturated rings. The second kappa shape index (κ2) is 8.91. The minimum absolute atomic E-state index is 0.549. The molecule has 2 atom stereocenters. The van der Waals surface area contributed by atoms with Crippen molar-refractivity contribution >= 4 is 46.0 Å². The normalized spacial score (nSPS) is 19.5. The van der Waals surface area contributed by atoms with E-state index in [1.807, 2.05) is 12.1 Å². The molecule has 3 N–H and O–H groups in total. The number of fused-ring (bicyclic) bond motifs is 6. The highest BCUT2D eigenvalue weighted by molar-refractivity contribution is 6.42. The van der Waals surface area contributed by atoms with E-state index in [4.69, 9.17) is 43.0 Å². The molecule has 162 valence electrons. The number of carbonyl (C=O) groups is 2. The summed E-state index contributed by atoms with van der Waals surface area (Å²) in [6, 6.07) is 15.9. The molecule has 1 aromatic heterocycles. The first kappa shape index (κ1) is 21.7. The lowest BCUT2D eigenvalue weighted by atomic mass is 9.96. The highest BCUT2D eigenvalue weighted by Crippen LogP contribution is 2.46. The number of aromatic amines is 1. The molecule has 31 heavy (non-hydrogen) atoms. The van der Waals surface area contributed by atoms with Crippen LogP contribution in [0.15, 0.2) is 42.5 Å². The van der Waals surface area contributed by atoms with Crippen molar-refractivity contribution in [3.63, 3.8) is 0 Å². The standard InChI is InChI=1S/C21H20Cl2N2.C2H2O4/c22-16-7-5-13(11-17(16)23)9-10-25-14-6-8-20(25)21-15-3-1-2-4-18(15)24-19(21)12-14;3-1(4)2(5)6/h1-5,7,11,14,20,24H,6,8-10,12H2;(H,3,4)(H,5,6). The first-order chi connectivity index (χ1) is 14.8. The lowest BCUT2D eigenvalue weighted by Gasteiger charge is -2.35. The molecule has 6 nitrogen and oxygen atoms in total.